The first-order valence-electron chi connectivity index (χ1n) is 11.1. The largest absolute Gasteiger partial charge is 0.394 e. The van der Waals surface area contributed by atoms with Crippen LogP contribution in [0.1, 0.15) is 32.1 Å². The van der Waals surface area contributed by atoms with Crippen molar-refractivity contribution >= 4 is 22.7 Å². The molecule has 1 fully saturated rings. The normalized spacial score (nSPS) is 26.1. The van der Waals surface area contributed by atoms with Crippen LogP contribution in [-0.2, 0) is 11.2 Å². The molecule has 1 aromatic heterocycles. The lowest BCUT2D eigenvalue weighted by molar-refractivity contribution is -0.250. The Labute approximate surface area is 197 Å². The number of ether oxygens (including phenoxy) is 1. The number of para-hydroxylation sites is 1. The van der Waals surface area contributed by atoms with Crippen molar-refractivity contribution in [2.45, 2.75) is 72.7 Å². The van der Waals surface area contributed by atoms with Gasteiger partial charge in [-0.15, -0.1) is 0 Å². The summed E-state index contributed by atoms with van der Waals surface area (Å²) in [6.07, 6.45) is -2.76. The Hall–Kier alpha value is -1.91. The third-order valence-electron chi connectivity index (χ3n) is 6.02. The molecule has 0 radical (unpaired) electrons. The quantitative estimate of drug-likeness (QED) is 0.358. The van der Waals surface area contributed by atoms with E-state index in [1.165, 1.54) is 0 Å². The smallest absolute Gasteiger partial charge is 0.163 e. The lowest BCUT2D eigenvalue weighted by Gasteiger charge is -2.40. The number of hydrogen-bond donors (Lipinski definition) is 5. The van der Waals surface area contributed by atoms with Gasteiger partial charge in [0.15, 0.2) is 6.23 Å². The summed E-state index contributed by atoms with van der Waals surface area (Å²) in [5.41, 5.74) is 1.27. The van der Waals surface area contributed by atoms with E-state index in [4.69, 9.17) is 4.74 Å². The van der Waals surface area contributed by atoms with Crippen molar-refractivity contribution in [1.29, 1.82) is 0 Å². The second kappa shape index (κ2) is 9.76. The summed E-state index contributed by atoms with van der Waals surface area (Å²) in [4.78, 5) is 1.99. The maximum absolute atomic E-state index is 10.6. The Morgan fingerprint density at radius 1 is 0.970 bits per heavy atom. The van der Waals surface area contributed by atoms with Gasteiger partial charge in [0.2, 0.25) is 0 Å². The molecule has 0 bridgehead atoms. The molecule has 0 saturated carbocycles. The molecule has 178 valence electrons. The molecule has 7 nitrogen and oxygen atoms in total. The Kier molecular flexibility index (Phi) is 7.16. The highest BCUT2D eigenvalue weighted by atomic mass is 32.2. The predicted octanol–water partition coefficient (Wildman–Crippen LogP) is 2.47. The molecule has 2 heterocycles. The van der Waals surface area contributed by atoms with Crippen molar-refractivity contribution in [3.05, 3.63) is 60.3 Å². The zero-order valence-corrected chi connectivity index (χ0v) is 19.5. The predicted molar refractivity (Wildman–Crippen MR) is 126 cm³/mol. The van der Waals surface area contributed by atoms with Crippen LogP contribution in [0.2, 0.25) is 0 Å². The Balaban J connectivity index is 1.60. The summed E-state index contributed by atoms with van der Waals surface area (Å²) in [7, 11) is 0. The maximum atomic E-state index is 10.6. The second-order valence-corrected chi connectivity index (χ2v) is 10.3. The van der Waals surface area contributed by atoms with Crippen LogP contribution in [0.4, 0.5) is 0 Å². The zero-order valence-electron chi connectivity index (χ0n) is 18.7. The van der Waals surface area contributed by atoms with E-state index in [2.05, 4.69) is 12.1 Å². The fourth-order valence-electron chi connectivity index (χ4n) is 4.08. The summed E-state index contributed by atoms with van der Waals surface area (Å²) in [6.45, 7) is 3.15. The van der Waals surface area contributed by atoms with E-state index < -0.39 is 42.9 Å². The van der Waals surface area contributed by atoms with Gasteiger partial charge in [-0.3, -0.25) is 0 Å². The van der Waals surface area contributed by atoms with Crippen LogP contribution >= 0.6 is 11.8 Å². The molecule has 8 heteroatoms. The van der Waals surface area contributed by atoms with Crippen LogP contribution in [0.3, 0.4) is 0 Å². The van der Waals surface area contributed by atoms with Crippen LogP contribution < -0.4 is 0 Å². The number of aryl methyl sites for hydroxylation is 1. The maximum Gasteiger partial charge on any atom is 0.163 e. The average molecular weight is 474 g/mol. The molecular formula is C25H31NO6S. The molecule has 3 aromatic rings. The SMILES string of the molecule is CC(C)(O)CCc1ccc(Sc2cn([C@@H]3O[C@H](CO)[C@@H](O)[C@H](O)[C@H]3O)c3ccccc23)cc1. The van der Waals surface area contributed by atoms with E-state index in [9.17, 15) is 25.5 Å². The van der Waals surface area contributed by atoms with Crippen LogP contribution in [0, 0.1) is 0 Å². The van der Waals surface area contributed by atoms with Crippen molar-refractivity contribution < 1.29 is 30.3 Å². The lowest BCUT2D eigenvalue weighted by atomic mass is 9.98. The van der Waals surface area contributed by atoms with Crippen molar-refractivity contribution in [1.82, 2.24) is 4.57 Å². The van der Waals surface area contributed by atoms with E-state index in [0.717, 1.165) is 32.7 Å². The minimum atomic E-state index is -1.44. The van der Waals surface area contributed by atoms with Gasteiger partial charge >= 0.3 is 0 Å². The van der Waals surface area contributed by atoms with Gasteiger partial charge in [0.1, 0.15) is 24.4 Å². The van der Waals surface area contributed by atoms with Gasteiger partial charge in [0.25, 0.3) is 0 Å². The van der Waals surface area contributed by atoms with Crippen LogP contribution in [0.15, 0.2) is 64.5 Å². The third-order valence-corrected chi connectivity index (χ3v) is 7.07. The molecular weight excluding hydrogens is 442 g/mol. The third kappa shape index (κ3) is 5.27. The number of aromatic nitrogens is 1. The lowest BCUT2D eigenvalue weighted by Crippen LogP contribution is -2.56. The Bertz CT molecular complexity index is 1070. The van der Waals surface area contributed by atoms with Gasteiger partial charge < -0.3 is 34.8 Å². The average Bonchev–Trinajstić information content (AvgIpc) is 3.15. The minimum absolute atomic E-state index is 0.470. The fourth-order valence-corrected chi connectivity index (χ4v) is 5.05. The number of aliphatic hydroxyl groups excluding tert-OH is 4. The van der Waals surface area contributed by atoms with Crippen molar-refractivity contribution in [2.75, 3.05) is 6.61 Å². The van der Waals surface area contributed by atoms with Crippen LogP contribution in [0.25, 0.3) is 10.9 Å². The number of rotatable bonds is 7. The summed E-state index contributed by atoms with van der Waals surface area (Å²) >= 11 is 1.57. The molecule has 1 saturated heterocycles. The molecule has 33 heavy (non-hydrogen) atoms. The first-order chi connectivity index (χ1) is 15.7. The van der Waals surface area contributed by atoms with Gasteiger partial charge in [-0.1, -0.05) is 42.1 Å². The Morgan fingerprint density at radius 2 is 1.67 bits per heavy atom. The van der Waals surface area contributed by atoms with E-state index >= 15 is 0 Å². The van der Waals surface area contributed by atoms with Gasteiger partial charge in [-0.05, 0) is 50.5 Å². The van der Waals surface area contributed by atoms with Gasteiger partial charge in [-0.25, -0.2) is 0 Å². The van der Waals surface area contributed by atoms with Crippen molar-refractivity contribution in [2.24, 2.45) is 0 Å². The topological polar surface area (TPSA) is 115 Å². The molecule has 0 unspecified atom stereocenters. The summed E-state index contributed by atoms with van der Waals surface area (Å²) in [5.74, 6) is 0. The van der Waals surface area contributed by atoms with E-state index in [1.807, 2.05) is 56.4 Å². The van der Waals surface area contributed by atoms with E-state index in [-0.39, 0.29) is 0 Å². The number of fused-ring (bicyclic) bond motifs is 1. The monoisotopic (exact) mass is 473 g/mol. The number of benzene rings is 2. The van der Waals surface area contributed by atoms with Gasteiger partial charge in [0, 0.05) is 21.4 Å². The van der Waals surface area contributed by atoms with Gasteiger partial charge in [0.05, 0.1) is 17.7 Å². The van der Waals surface area contributed by atoms with E-state index in [1.54, 1.807) is 16.3 Å². The molecule has 0 aliphatic carbocycles. The Morgan fingerprint density at radius 3 is 2.33 bits per heavy atom. The molecule has 5 atom stereocenters. The fraction of sp³-hybridized carbons (Fsp3) is 0.440. The number of hydrogen-bond acceptors (Lipinski definition) is 7. The molecule has 0 amide bonds. The first kappa shape index (κ1) is 24.2. The highest BCUT2D eigenvalue weighted by Gasteiger charge is 2.44. The highest BCUT2D eigenvalue weighted by molar-refractivity contribution is 7.99. The van der Waals surface area contributed by atoms with E-state index in [0.29, 0.717) is 6.42 Å². The summed E-state index contributed by atoms with van der Waals surface area (Å²) in [6, 6.07) is 15.9. The zero-order chi connectivity index (χ0) is 23.8. The summed E-state index contributed by atoms with van der Waals surface area (Å²) in [5, 5.41) is 51.4. The molecule has 5 N–H and O–H groups in total. The molecule has 2 aromatic carbocycles. The molecule has 0 spiro atoms. The number of nitrogens with zero attached hydrogens (tertiary/aromatic N) is 1. The van der Waals surface area contributed by atoms with Crippen LogP contribution in [-0.4, -0.2) is 66.7 Å². The summed E-state index contributed by atoms with van der Waals surface area (Å²) < 4.78 is 7.53. The standard InChI is InChI=1S/C25H31NO6S/c1-25(2,31)12-11-15-7-9-16(10-8-15)33-20-13-26(18-6-4-3-5-17(18)20)24-23(30)22(29)21(28)19(14-27)32-24/h3-10,13,19,21-24,27-31H,11-12,14H2,1-2H3/t19-,21-,22+,23-,24-/m1/s1. The van der Waals surface area contributed by atoms with Crippen molar-refractivity contribution in [3.63, 3.8) is 0 Å². The minimum Gasteiger partial charge on any atom is -0.394 e. The molecule has 1 aliphatic heterocycles. The van der Waals surface area contributed by atoms with Crippen LogP contribution in [0.5, 0.6) is 0 Å². The molecule has 1 aliphatic rings. The highest BCUT2D eigenvalue weighted by Crippen LogP contribution is 2.39. The molecule has 4 rings (SSSR count). The van der Waals surface area contributed by atoms with Crippen molar-refractivity contribution in [3.8, 4) is 0 Å². The second-order valence-electron chi connectivity index (χ2n) is 9.20. The number of aliphatic hydroxyl groups is 5. The van der Waals surface area contributed by atoms with Gasteiger partial charge in [-0.2, -0.15) is 0 Å². The first-order valence-corrected chi connectivity index (χ1v) is 11.9.